The second-order valence-electron chi connectivity index (χ2n) is 4.02. The van der Waals surface area contributed by atoms with Crippen molar-refractivity contribution in [1.82, 2.24) is 0 Å². The van der Waals surface area contributed by atoms with Gasteiger partial charge in [-0.3, -0.25) is 4.79 Å². The number of benzene rings is 2. The minimum absolute atomic E-state index is 0.180. The lowest BCUT2D eigenvalue weighted by molar-refractivity contribution is -0.123. The van der Waals surface area contributed by atoms with Crippen LogP contribution in [-0.2, 0) is 4.79 Å². The van der Waals surface area contributed by atoms with Gasteiger partial charge in [-0.25, -0.2) is 4.39 Å². The Morgan fingerprint density at radius 1 is 1.05 bits per heavy atom. The smallest absolute Gasteiger partial charge is 0.195 e. The SMILES string of the molecule is O=C(CO)COc1ccc(Oc2cccc(F)c2)cc1. The average Bonchev–Trinajstić information content (AvgIpc) is 2.46. The summed E-state index contributed by atoms with van der Waals surface area (Å²) in [6.45, 7) is -0.721. The van der Waals surface area contributed by atoms with Crippen molar-refractivity contribution in [3.8, 4) is 17.2 Å². The van der Waals surface area contributed by atoms with Crippen LogP contribution in [0.4, 0.5) is 4.39 Å². The molecular formula is C15H13FO4. The van der Waals surface area contributed by atoms with Gasteiger partial charge in [-0.15, -0.1) is 0 Å². The van der Waals surface area contributed by atoms with Gasteiger partial charge in [0, 0.05) is 6.07 Å². The summed E-state index contributed by atoms with van der Waals surface area (Å²) >= 11 is 0. The van der Waals surface area contributed by atoms with Crippen molar-refractivity contribution in [1.29, 1.82) is 0 Å². The number of hydrogen-bond acceptors (Lipinski definition) is 4. The number of carbonyl (C=O) groups is 1. The summed E-state index contributed by atoms with van der Waals surface area (Å²) in [5, 5.41) is 8.56. The number of hydrogen-bond donors (Lipinski definition) is 1. The van der Waals surface area contributed by atoms with Crippen LogP contribution in [0.1, 0.15) is 0 Å². The topological polar surface area (TPSA) is 55.8 Å². The Bertz CT molecular complexity index is 581. The highest BCUT2D eigenvalue weighted by Crippen LogP contribution is 2.24. The van der Waals surface area contributed by atoms with Gasteiger partial charge in [-0.1, -0.05) is 6.07 Å². The predicted octanol–water partition coefficient (Wildman–Crippen LogP) is 2.56. The number of aliphatic hydroxyl groups excluding tert-OH is 1. The summed E-state index contributed by atoms with van der Waals surface area (Å²) in [5.41, 5.74) is 0. The molecule has 0 aliphatic heterocycles. The van der Waals surface area contributed by atoms with Gasteiger partial charge in [0.1, 0.15) is 36.3 Å². The van der Waals surface area contributed by atoms with Gasteiger partial charge in [-0.05, 0) is 36.4 Å². The molecule has 0 atom stereocenters. The average molecular weight is 276 g/mol. The van der Waals surface area contributed by atoms with Crippen molar-refractivity contribution < 1.29 is 23.8 Å². The van der Waals surface area contributed by atoms with Gasteiger partial charge in [0.15, 0.2) is 5.78 Å². The van der Waals surface area contributed by atoms with Crippen LogP contribution in [0.3, 0.4) is 0 Å². The molecule has 0 spiro atoms. The number of halogens is 1. The third-order valence-corrected chi connectivity index (χ3v) is 2.43. The number of aliphatic hydroxyl groups is 1. The third-order valence-electron chi connectivity index (χ3n) is 2.43. The molecule has 0 aliphatic rings. The molecule has 0 fully saturated rings. The van der Waals surface area contributed by atoms with Crippen molar-refractivity contribution in [2.45, 2.75) is 0 Å². The van der Waals surface area contributed by atoms with Gasteiger partial charge in [0.25, 0.3) is 0 Å². The lowest BCUT2D eigenvalue weighted by atomic mass is 10.3. The van der Waals surface area contributed by atoms with E-state index in [9.17, 15) is 9.18 Å². The molecule has 0 aromatic heterocycles. The van der Waals surface area contributed by atoms with Crippen LogP contribution in [0.15, 0.2) is 48.5 Å². The fourth-order valence-corrected chi connectivity index (χ4v) is 1.48. The van der Waals surface area contributed by atoms with Crippen LogP contribution < -0.4 is 9.47 Å². The van der Waals surface area contributed by atoms with E-state index in [1.807, 2.05) is 0 Å². The summed E-state index contributed by atoms with van der Waals surface area (Å²) in [6.07, 6.45) is 0. The van der Waals surface area contributed by atoms with E-state index in [4.69, 9.17) is 14.6 Å². The maximum Gasteiger partial charge on any atom is 0.195 e. The van der Waals surface area contributed by atoms with E-state index < -0.39 is 12.4 Å². The summed E-state index contributed by atoms with van der Waals surface area (Å²) in [7, 11) is 0. The van der Waals surface area contributed by atoms with Gasteiger partial charge >= 0.3 is 0 Å². The largest absolute Gasteiger partial charge is 0.486 e. The van der Waals surface area contributed by atoms with Crippen LogP contribution >= 0.6 is 0 Å². The minimum Gasteiger partial charge on any atom is -0.486 e. The summed E-state index contributed by atoms with van der Waals surface area (Å²) in [4.78, 5) is 10.9. The number of carbonyl (C=O) groups excluding carboxylic acids is 1. The van der Waals surface area contributed by atoms with Crippen molar-refractivity contribution in [3.05, 3.63) is 54.3 Å². The zero-order valence-electron chi connectivity index (χ0n) is 10.6. The minimum atomic E-state index is -0.541. The van der Waals surface area contributed by atoms with E-state index in [1.54, 1.807) is 36.4 Å². The molecule has 5 heteroatoms. The number of Topliss-reactive ketones (excluding diaryl/α,β-unsaturated/α-hetero) is 1. The Morgan fingerprint density at radius 3 is 2.40 bits per heavy atom. The first-order chi connectivity index (χ1) is 9.67. The second-order valence-corrected chi connectivity index (χ2v) is 4.02. The molecule has 0 amide bonds. The van der Waals surface area contributed by atoms with Crippen LogP contribution in [0.2, 0.25) is 0 Å². The van der Waals surface area contributed by atoms with E-state index >= 15 is 0 Å². The molecule has 20 heavy (non-hydrogen) atoms. The van der Waals surface area contributed by atoms with Crippen molar-refractivity contribution >= 4 is 5.78 Å². The van der Waals surface area contributed by atoms with Crippen LogP contribution in [0, 0.1) is 5.82 Å². The fraction of sp³-hybridized carbons (Fsp3) is 0.133. The molecule has 0 unspecified atom stereocenters. The lowest BCUT2D eigenvalue weighted by Gasteiger charge is -2.07. The Kier molecular flexibility index (Phi) is 4.68. The summed E-state index contributed by atoms with van der Waals surface area (Å²) in [6, 6.07) is 12.4. The first kappa shape index (κ1) is 14.0. The van der Waals surface area contributed by atoms with Crippen molar-refractivity contribution in [2.24, 2.45) is 0 Å². The molecule has 2 rings (SSSR count). The highest BCUT2D eigenvalue weighted by molar-refractivity contribution is 5.80. The van der Waals surface area contributed by atoms with E-state index in [0.717, 1.165) is 0 Å². The van der Waals surface area contributed by atoms with Crippen molar-refractivity contribution in [3.63, 3.8) is 0 Å². The predicted molar refractivity (Wildman–Crippen MR) is 70.5 cm³/mol. The molecule has 104 valence electrons. The molecule has 0 saturated heterocycles. The number of rotatable bonds is 6. The number of ketones is 1. The zero-order valence-corrected chi connectivity index (χ0v) is 10.6. The van der Waals surface area contributed by atoms with E-state index in [1.165, 1.54) is 12.1 Å². The normalized spacial score (nSPS) is 10.1. The van der Waals surface area contributed by atoms with Crippen LogP contribution in [0.5, 0.6) is 17.2 Å². The molecule has 2 aromatic carbocycles. The molecule has 1 N–H and O–H groups in total. The second kappa shape index (κ2) is 6.68. The Balaban J connectivity index is 1.96. The molecule has 4 nitrogen and oxygen atoms in total. The molecule has 2 aromatic rings. The van der Waals surface area contributed by atoms with E-state index in [0.29, 0.717) is 17.2 Å². The maximum absolute atomic E-state index is 13.0. The van der Waals surface area contributed by atoms with Gasteiger partial charge in [0.05, 0.1) is 0 Å². The van der Waals surface area contributed by atoms with Gasteiger partial charge in [0.2, 0.25) is 0 Å². The highest BCUT2D eigenvalue weighted by atomic mass is 19.1. The van der Waals surface area contributed by atoms with E-state index in [2.05, 4.69) is 0 Å². The van der Waals surface area contributed by atoms with Crippen molar-refractivity contribution in [2.75, 3.05) is 13.2 Å². The molecule has 0 heterocycles. The first-order valence-electron chi connectivity index (χ1n) is 5.96. The molecule has 0 bridgehead atoms. The standard InChI is InChI=1S/C15H13FO4/c16-11-2-1-3-15(8-11)20-14-6-4-13(5-7-14)19-10-12(18)9-17/h1-8,17H,9-10H2. The van der Waals surface area contributed by atoms with Gasteiger partial charge in [-0.2, -0.15) is 0 Å². The van der Waals surface area contributed by atoms with Crippen LogP contribution in [0.25, 0.3) is 0 Å². The van der Waals surface area contributed by atoms with Crippen LogP contribution in [-0.4, -0.2) is 24.1 Å². The molecular weight excluding hydrogens is 263 g/mol. The molecule has 0 saturated carbocycles. The fourth-order valence-electron chi connectivity index (χ4n) is 1.48. The monoisotopic (exact) mass is 276 g/mol. The number of ether oxygens (including phenoxy) is 2. The Hall–Kier alpha value is -2.40. The summed E-state index contributed by atoms with van der Waals surface area (Å²) < 4.78 is 23.6. The molecule has 0 radical (unpaired) electrons. The lowest BCUT2D eigenvalue weighted by Crippen LogP contribution is -2.14. The maximum atomic E-state index is 13.0. The summed E-state index contributed by atoms with van der Waals surface area (Å²) in [5.74, 6) is 0.638. The first-order valence-corrected chi connectivity index (χ1v) is 5.96. The quantitative estimate of drug-likeness (QED) is 0.881. The zero-order chi connectivity index (χ0) is 14.4. The molecule has 0 aliphatic carbocycles. The van der Waals surface area contributed by atoms with Gasteiger partial charge < -0.3 is 14.6 Å². The Labute approximate surface area is 115 Å². The third kappa shape index (κ3) is 4.07. The Morgan fingerprint density at radius 2 is 1.75 bits per heavy atom. The highest BCUT2D eigenvalue weighted by Gasteiger charge is 2.02. The van der Waals surface area contributed by atoms with E-state index in [-0.39, 0.29) is 12.4 Å².